The van der Waals surface area contributed by atoms with Gasteiger partial charge in [0.25, 0.3) is 0 Å². The summed E-state index contributed by atoms with van der Waals surface area (Å²) in [5, 5.41) is 0. The molecule has 2 atom stereocenters. The van der Waals surface area contributed by atoms with E-state index < -0.39 is 0 Å². The van der Waals surface area contributed by atoms with Gasteiger partial charge in [0.1, 0.15) is 0 Å². The molecule has 2 aliphatic heterocycles. The molecule has 0 aromatic heterocycles. The van der Waals surface area contributed by atoms with Crippen molar-refractivity contribution in [2.45, 2.75) is 25.9 Å². The quantitative estimate of drug-likeness (QED) is 0.523. The minimum absolute atomic E-state index is 0.111. The van der Waals surface area contributed by atoms with E-state index in [1.165, 1.54) is 6.42 Å². The highest BCUT2D eigenvalue weighted by molar-refractivity contribution is 4.81. The summed E-state index contributed by atoms with van der Waals surface area (Å²) >= 11 is 0. The number of morpholine rings is 1. The van der Waals surface area contributed by atoms with Crippen LogP contribution < -0.4 is 0 Å². The molecule has 2 rings (SSSR count). The summed E-state index contributed by atoms with van der Waals surface area (Å²) in [6.07, 6.45) is 1.61. The molecule has 0 spiro atoms. The zero-order valence-corrected chi connectivity index (χ0v) is 6.25. The zero-order chi connectivity index (χ0) is 6.97. The van der Waals surface area contributed by atoms with Crippen LogP contribution in [0.15, 0.2) is 0 Å². The van der Waals surface area contributed by atoms with Gasteiger partial charge in [-0.1, -0.05) is 6.92 Å². The smallest absolute Gasteiger partial charge is 0.199 e. The first-order chi connectivity index (χ1) is 4.92. The molecule has 3 heteroatoms. The summed E-state index contributed by atoms with van der Waals surface area (Å²) in [4.78, 5) is 2.34. The largest absolute Gasteiger partial charge is 0.347 e. The van der Waals surface area contributed by atoms with Crippen molar-refractivity contribution in [3.63, 3.8) is 0 Å². The fourth-order valence-electron chi connectivity index (χ4n) is 1.41. The Morgan fingerprint density at radius 1 is 1.60 bits per heavy atom. The Morgan fingerprint density at radius 2 is 2.50 bits per heavy atom. The van der Waals surface area contributed by atoms with Crippen LogP contribution >= 0.6 is 0 Å². The molecule has 0 aliphatic carbocycles. The molecule has 10 heavy (non-hydrogen) atoms. The molecule has 2 aliphatic rings. The zero-order valence-electron chi connectivity index (χ0n) is 6.25. The molecule has 0 radical (unpaired) electrons. The van der Waals surface area contributed by atoms with Crippen LogP contribution in [0.25, 0.3) is 0 Å². The van der Waals surface area contributed by atoms with Gasteiger partial charge in [0.2, 0.25) is 0 Å². The Bertz CT molecular complexity index is 127. The summed E-state index contributed by atoms with van der Waals surface area (Å²) in [6.45, 7) is 5.20. The predicted octanol–water partition coefficient (Wildman–Crippen LogP) is 0.411. The summed E-state index contributed by atoms with van der Waals surface area (Å²) < 4.78 is 10.5. The van der Waals surface area contributed by atoms with E-state index in [4.69, 9.17) is 9.47 Å². The molecule has 0 N–H and O–H groups in total. The van der Waals surface area contributed by atoms with E-state index in [2.05, 4.69) is 11.8 Å². The molecule has 2 unspecified atom stereocenters. The van der Waals surface area contributed by atoms with Gasteiger partial charge in [-0.15, -0.1) is 0 Å². The second-order valence-electron chi connectivity index (χ2n) is 2.80. The molecular weight excluding hydrogens is 130 g/mol. The lowest BCUT2D eigenvalue weighted by atomic mass is 10.4. The molecule has 0 amide bonds. The first-order valence-corrected chi connectivity index (χ1v) is 3.93. The maximum atomic E-state index is 5.26. The number of hydrogen-bond donors (Lipinski definition) is 0. The van der Waals surface area contributed by atoms with Crippen molar-refractivity contribution >= 4 is 0 Å². The fourth-order valence-corrected chi connectivity index (χ4v) is 1.41. The monoisotopic (exact) mass is 143 g/mol. The second kappa shape index (κ2) is 2.49. The van der Waals surface area contributed by atoms with Crippen molar-refractivity contribution in [3.8, 4) is 0 Å². The van der Waals surface area contributed by atoms with Gasteiger partial charge in [0.05, 0.1) is 6.61 Å². The van der Waals surface area contributed by atoms with Crippen LogP contribution in [-0.2, 0) is 9.47 Å². The van der Waals surface area contributed by atoms with Gasteiger partial charge in [-0.2, -0.15) is 0 Å². The minimum Gasteiger partial charge on any atom is -0.347 e. The molecule has 2 heterocycles. The first kappa shape index (κ1) is 6.58. The fraction of sp³-hybridized carbons (Fsp3) is 1.00. The van der Waals surface area contributed by atoms with Crippen LogP contribution in [-0.4, -0.2) is 37.1 Å². The van der Waals surface area contributed by atoms with E-state index in [-0.39, 0.29) is 6.29 Å². The average Bonchev–Trinajstić information content (AvgIpc) is 2.67. The highest BCUT2D eigenvalue weighted by atomic mass is 16.8. The second-order valence-corrected chi connectivity index (χ2v) is 2.80. The van der Waals surface area contributed by atoms with Gasteiger partial charge < -0.3 is 9.47 Å². The maximum Gasteiger partial charge on any atom is 0.199 e. The third kappa shape index (κ3) is 1.05. The number of ether oxygens (including phenoxy) is 2. The Morgan fingerprint density at radius 3 is 3.30 bits per heavy atom. The number of hydrogen-bond acceptors (Lipinski definition) is 3. The number of rotatable bonds is 2. The van der Waals surface area contributed by atoms with Crippen molar-refractivity contribution < 1.29 is 9.47 Å². The van der Waals surface area contributed by atoms with Crippen LogP contribution in [0, 0.1) is 0 Å². The molecule has 2 saturated heterocycles. The number of epoxide rings is 1. The molecular formula is C7H13NO2. The highest BCUT2D eigenvalue weighted by Gasteiger charge is 2.47. The standard InChI is InChI=1S/C7H13NO2/c1-2-3-8-4-5-9-7-6(8)10-7/h6-7H,2-5H2,1H3. The van der Waals surface area contributed by atoms with Crippen LogP contribution in [0.1, 0.15) is 13.3 Å². The summed E-state index contributed by atoms with van der Waals surface area (Å²) in [7, 11) is 0. The van der Waals surface area contributed by atoms with E-state index >= 15 is 0 Å². The topological polar surface area (TPSA) is 25.0 Å². The van der Waals surface area contributed by atoms with Crippen molar-refractivity contribution in [2.75, 3.05) is 19.7 Å². The number of nitrogens with zero attached hydrogens (tertiary/aromatic N) is 1. The van der Waals surface area contributed by atoms with Crippen LogP contribution in [0.2, 0.25) is 0 Å². The summed E-state index contributed by atoms with van der Waals surface area (Å²) in [5.41, 5.74) is 0. The SMILES string of the molecule is CCCN1CCOC2OC21. The van der Waals surface area contributed by atoms with Gasteiger partial charge in [0.15, 0.2) is 12.5 Å². The third-order valence-electron chi connectivity index (χ3n) is 1.96. The molecule has 3 nitrogen and oxygen atoms in total. The number of fused-ring (bicyclic) bond motifs is 1. The highest BCUT2D eigenvalue weighted by Crippen LogP contribution is 2.30. The molecule has 0 bridgehead atoms. The summed E-state index contributed by atoms with van der Waals surface area (Å²) in [6, 6.07) is 0. The van der Waals surface area contributed by atoms with Crippen LogP contribution in [0.4, 0.5) is 0 Å². The third-order valence-corrected chi connectivity index (χ3v) is 1.96. The van der Waals surface area contributed by atoms with Crippen LogP contribution in [0.5, 0.6) is 0 Å². The van der Waals surface area contributed by atoms with Gasteiger partial charge >= 0.3 is 0 Å². The van der Waals surface area contributed by atoms with Crippen LogP contribution in [0.3, 0.4) is 0 Å². The lowest BCUT2D eigenvalue weighted by Crippen LogP contribution is -2.37. The van der Waals surface area contributed by atoms with E-state index in [0.29, 0.717) is 6.23 Å². The van der Waals surface area contributed by atoms with Gasteiger partial charge in [-0.3, -0.25) is 4.90 Å². The predicted molar refractivity (Wildman–Crippen MR) is 36.5 cm³/mol. The van der Waals surface area contributed by atoms with E-state index in [1.807, 2.05) is 0 Å². The Hall–Kier alpha value is -0.120. The van der Waals surface area contributed by atoms with Crippen molar-refractivity contribution in [2.24, 2.45) is 0 Å². The van der Waals surface area contributed by atoms with Crippen molar-refractivity contribution in [3.05, 3.63) is 0 Å². The first-order valence-electron chi connectivity index (χ1n) is 3.93. The summed E-state index contributed by atoms with van der Waals surface area (Å²) in [5.74, 6) is 0. The Labute approximate surface area is 60.9 Å². The Kier molecular flexibility index (Phi) is 1.64. The van der Waals surface area contributed by atoms with Gasteiger partial charge in [-0.05, 0) is 6.42 Å². The molecule has 0 saturated carbocycles. The van der Waals surface area contributed by atoms with E-state index in [9.17, 15) is 0 Å². The molecule has 58 valence electrons. The maximum absolute atomic E-state index is 5.26. The van der Waals surface area contributed by atoms with E-state index in [1.54, 1.807) is 0 Å². The van der Waals surface area contributed by atoms with E-state index in [0.717, 1.165) is 19.7 Å². The normalized spacial score (nSPS) is 39.3. The lowest BCUT2D eigenvalue weighted by Gasteiger charge is -2.21. The molecule has 0 aromatic carbocycles. The average molecular weight is 143 g/mol. The van der Waals surface area contributed by atoms with Crippen molar-refractivity contribution in [1.82, 2.24) is 4.90 Å². The minimum atomic E-state index is 0.111. The van der Waals surface area contributed by atoms with Gasteiger partial charge in [-0.25, -0.2) is 0 Å². The molecule has 2 fully saturated rings. The van der Waals surface area contributed by atoms with Crippen molar-refractivity contribution in [1.29, 1.82) is 0 Å². The molecule has 0 aromatic rings. The Balaban J connectivity index is 1.84. The van der Waals surface area contributed by atoms with Gasteiger partial charge in [0, 0.05) is 13.1 Å². The lowest BCUT2D eigenvalue weighted by molar-refractivity contribution is 0.0206.